The summed E-state index contributed by atoms with van der Waals surface area (Å²) in [7, 11) is -4.74. The monoisotopic (exact) mass is 983 g/mol. The second-order valence-electron chi connectivity index (χ2n) is 18.7. The van der Waals surface area contributed by atoms with E-state index in [2.05, 4.69) is 57.2 Å². The Bertz CT molecular complexity index is 1280. The average molecular weight is 983 g/mol. The highest BCUT2D eigenvalue weighted by atomic mass is 31.2. The number of aliphatic hydroxyl groups is 1. The molecule has 0 aromatic carbocycles. The Balaban J connectivity index is 4.74. The summed E-state index contributed by atoms with van der Waals surface area (Å²) in [6.45, 7) is 4.59. The fourth-order valence-corrected chi connectivity index (χ4v) is 8.52. The van der Waals surface area contributed by atoms with Gasteiger partial charge in [-0.15, -0.1) is 0 Å². The zero-order valence-corrected chi connectivity index (χ0v) is 44.7. The summed E-state index contributed by atoms with van der Waals surface area (Å²) in [5, 5.41) is 9.76. The van der Waals surface area contributed by atoms with Gasteiger partial charge >= 0.3 is 25.7 Å². The van der Waals surface area contributed by atoms with E-state index in [0.29, 0.717) is 19.3 Å². The molecule has 3 unspecified atom stereocenters. The molecule has 0 aliphatic carbocycles. The van der Waals surface area contributed by atoms with E-state index in [4.69, 9.17) is 23.3 Å². The summed E-state index contributed by atoms with van der Waals surface area (Å²) in [6, 6.07) is 0. The molecule has 0 aliphatic heterocycles. The van der Waals surface area contributed by atoms with Crippen molar-refractivity contribution >= 4 is 25.7 Å². The van der Waals surface area contributed by atoms with Crippen LogP contribution >= 0.6 is 7.82 Å². The van der Waals surface area contributed by atoms with E-state index in [1.54, 1.807) is 0 Å². The number of phosphoric acid groups is 1. The molecule has 0 aromatic rings. The van der Waals surface area contributed by atoms with Crippen LogP contribution in [0.2, 0.25) is 0 Å². The first-order valence-corrected chi connectivity index (χ1v) is 29.4. The Labute approximate surface area is 416 Å². The van der Waals surface area contributed by atoms with Gasteiger partial charge in [0.25, 0.3) is 0 Å². The van der Waals surface area contributed by atoms with Gasteiger partial charge in [0, 0.05) is 19.3 Å². The number of hydrogen-bond acceptors (Lipinski definition) is 10. The van der Waals surface area contributed by atoms with Gasteiger partial charge < -0.3 is 24.2 Å². The molecule has 12 heteroatoms. The molecule has 0 radical (unpaired) electrons. The third-order valence-corrected chi connectivity index (χ3v) is 13.0. The molecule has 0 fully saturated rings. The van der Waals surface area contributed by atoms with Crippen molar-refractivity contribution < 1.29 is 52.2 Å². The largest absolute Gasteiger partial charge is 0.472 e. The SMILES string of the molecule is CCCCC/C=C\C/C=C\CCCCCCCC(=O)OCC(COP(=O)(O)OCC(CO)OC(=O)CCCCCCCCCCC)OC(=O)CCCCCCCCC/C=C\CCCCCCCC. The van der Waals surface area contributed by atoms with Gasteiger partial charge in [0.2, 0.25) is 0 Å². The predicted octanol–water partition coefficient (Wildman–Crippen LogP) is 16.0. The van der Waals surface area contributed by atoms with E-state index in [0.717, 1.165) is 89.9 Å². The van der Waals surface area contributed by atoms with Crippen molar-refractivity contribution in [1.82, 2.24) is 0 Å². The maximum absolute atomic E-state index is 12.9. The first-order chi connectivity index (χ1) is 33.2. The minimum absolute atomic E-state index is 0.162. The van der Waals surface area contributed by atoms with Crippen molar-refractivity contribution in [3.05, 3.63) is 36.5 Å². The zero-order valence-electron chi connectivity index (χ0n) is 43.8. The number of ether oxygens (including phenoxy) is 3. The number of hydrogen-bond donors (Lipinski definition) is 2. The normalized spacial score (nSPS) is 13.7. The highest BCUT2D eigenvalue weighted by molar-refractivity contribution is 7.47. The number of allylic oxidation sites excluding steroid dienone is 6. The summed E-state index contributed by atoms with van der Waals surface area (Å²) in [6.07, 6.45) is 51.1. The molecule has 0 bridgehead atoms. The van der Waals surface area contributed by atoms with Crippen LogP contribution in [0.25, 0.3) is 0 Å². The van der Waals surface area contributed by atoms with E-state index in [1.165, 1.54) is 116 Å². The number of carbonyl (C=O) groups is 3. The number of aliphatic hydroxyl groups excluding tert-OH is 1. The fraction of sp³-hybridized carbons (Fsp3) is 0.839. The van der Waals surface area contributed by atoms with E-state index < -0.39 is 57.8 Å². The summed E-state index contributed by atoms with van der Waals surface area (Å²) in [4.78, 5) is 48.3. The lowest BCUT2D eigenvalue weighted by Crippen LogP contribution is -2.30. The zero-order chi connectivity index (χ0) is 49.9. The fourth-order valence-electron chi connectivity index (χ4n) is 7.73. The molecule has 398 valence electrons. The topological polar surface area (TPSA) is 155 Å². The standard InChI is InChI=1S/C56H103O11P/c1-4-7-10-13-16-19-21-23-25-26-28-30-32-35-38-41-44-47-56(60)67-53(49-63-54(58)45-42-39-36-34-31-29-27-24-22-20-17-14-11-8-5-2)51-65-68(61,62)64-50-52(48-57)66-55(59)46-43-40-37-33-18-15-12-9-6-3/h17,20,23-25,27,52-53,57H,4-16,18-19,21-22,26,28-51H2,1-3H3,(H,61,62)/b20-17-,25-23-,27-24-. The molecule has 3 atom stereocenters. The van der Waals surface area contributed by atoms with Crippen LogP contribution in [0.4, 0.5) is 0 Å². The van der Waals surface area contributed by atoms with Crippen LogP contribution in [0, 0.1) is 0 Å². The molecule has 0 saturated heterocycles. The molecule has 0 amide bonds. The third kappa shape index (κ3) is 48.7. The van der Waals surface area contributed by atoms with Crippen LogP contribution in [0.1, 0.15) is 265 Å². The van der Waals surface area contributed by atoms with E-state index in [1.807, 2.05) is 0 Å². The van der Waals surface area contributed by atoms with Crippen LogP contribution in [-0.2, 0) is 42.2 Å². The third-order valence-electron chi connectivity index (χ3n) is 12.0. The van der Waals surface area contributed by atoms with Crippen molar-refractivity contribution in [1.29, 1.82) is 0 Å². The average Bonchev–Trinajstić information content (AvgIpc) is 3.32. The predicted molar refractivity (Wildman–Crippen MR) is 279 cm³/mol. The maximum atomic E-state index is 12.9. The van der Waals surface area contributed by atoms with Crippen molar-refractivity contribution in [3.63, 3.8) is 0 Å². The van der Waals surface area contributed by atoms with Gasteiger partial charge in [-0.05, 0) is 77.0 Å². The summed E-state index contributed by atoms with van der Waals surface area (Å²) in [5.74, 6) is -1.47. The lowest BCUT2D eigenvalue weighted by Gasteiger charge is -2.21. The quantitative estimate of drug-likeness (QED) is 0.0197. The Morgan fingerprint density at radius 2 is 0.721 bits per heavy atom. The van der Waals surface area contributed by atoms with Crippen molar-refractivity contribution in [2.24, 2.45) is 0 Å². The van der Waals surface area contributed by atoms with E-state index in [9.17, 15) is 28.9 Å². The van der Waals surface area contributed by atoms with Crippen LogP contribution < -0.4 is 0 Å². The first kappa shape index (κ1) is 65.7. The highest BCUT2D eigenvalue weighted by Crippen LogP contribution is 2.43. The van der Waals surface area contributed by atoms with Crippen molar-refractivity contribution in [2.45, 2.75) is 277 Å². The van der Waals surface area contributed by atoms with Crippen LogP contribution in [0.15, 0.2) is 36.5 Å². The molecule has 0 aliphatic rings. The number of esters is 3. The number of unbranched alkanes of at least 4 members (excludes halogenated alkanes) is 29. The van der Waals surface area contributed by atoms with Gasteiger partial charge in [-0.1, -0.05) is 205 Å². The molecular formula is C56H103O11P. The summed E-state index contributed by atoms with van der Waals surface area (Å²) < 4.78 is 39.4. The molecule has 11 nitrogen and oxygen atoms in total. The Hall–Kier alpha value is -2.30. The molecular weight excluding hydrogens is 880 g/mol. The molecule has 68 heavy (non-hydrogen) atoms. The van der Waals surface area contributed by atoms with Gasteiger partial charge in [-0.3, -0.25) is 23.4 Å². The number of rotatable bonds is 52. The van der Waals surface area contributed by atoms with Gasteiger partial charge in [-0.25, -0.2) is 4.57 Å². The van der Waals surface area contributed by atoms with Gasteiger partial charge in [0.1, 0.15) is 12.7 Å². The van der Waals surface area contributed by atoms with E-state index in [-0.39, 0.29) is 25.9 Å². The van der Waals surface area contributed by atoms with Crippen molar-refractivity contribution in [2.75, 3.05) is 26.4 Å². The second-order valence-corrected chi connectivity index (χ2v) is 20.2. The maximum Gasteiger partial charge on any atom is 0.472 e. The van der Waals surface area contributed by atoms with Gasteiger partial charge in [0.05, 0.1) is 19.8 Å². The molecule has 0 heterocycles. The number of carbonyl (C=O) groups excluding carboxylic acids is 3. The highest BCUT2D eigenvalue weighted by Gasteiger charge is 2.28. The summed E-state index contributed by atoms with van der Waals surface area (Å²) in [5.41, 5.74) is 0. The van der Waals surface area contributed by atoms with E-state index >= 15 is 0 Å². The molecule has 0 rings (SSSR count). The molecule has 0 spiro atoms. The minimum atomic E-state index is -4.74. The smallest absolute Gasteiger partial charge is 0.462 e. The molecule has 0 saturated carbocycles. The van der Waals surface area contributed by atoms with Crippen LogP contribution in [-0.4, -0.2) is 66.5 Å². The Morgan fingerprint density at radius 1 is 0.412 bits per heavy atom. The van der Waals surface area contributed by atoms with Gasteiger partial charge in [0.15, 0.2) is 6.10 Å². The van der Waals surface area contributed by atoms with Crippen LogP contribution in [0.5, 0.6) is 0 Å². The number of phosphoric ester groups is 1. The minimum Gasteiger partial charge on any atom is -0.462 e. The Kier molecular flexibility index (Phi) is 49.3. The lowest BCUT2D eigenvalue weighted by molar-refractivity contribution is -0.161. The second kappa shape index (κ2) is 51.1. The van der Waals surface area contributed by atoms with Crippen molar-refractivity contribution in [3.8, 4) is 0 Å². The lowest BCUT2D eigenvalue weighted by atomic mass is 10.1. The Morgan fingerprint density at radius 3 is 1.13 bits per heavy atom. The molecule has 0 aromatic heterocycles. The molecule has 2 N–H and O–H groups in total. The summed E-state index contributed by atoms with van der Waals surface area (Å²) >= 11 is 0. The van der Waals surface area contributed by atoms with Gasteiger partial charge in [-0.2, -0.15) is 0 Å². The first-order valence-electron chi connectivity index (χ1n) is 27.9. The van der Waals surface area contributed by atoms with Crippen LogP contribution in [0.3, 0.4) is 0 Å².